The van der Waals surface area contributed by atoms with Crippen molar-refractivity contribution < 1.29 is 9.58 Å². The summed E-state index contributed by atoms with van der Waals surface area (Å²) in [4.78, 5) is 15.2. The van der Waals surface area contributed by atoms with Gasteiger partial charge in [-0.2, -0.15) is 4.79 Å². The van der Waals surface area contributed by atoms with Crippen molar-refractivity contribution in [3.8, 4) is 0 Å². The van der Waals surface area contributed by atoms with Gasteiger partial charge in [0.05, 0.1) is 6.42 Å². The molecule has 3 nitrogen and oxygen atoms in total. The normalized spacial score (nSPS) is 20.0. The molecule has 2 rings (SSSR count). The second-order valence-electron chi connectivity index (χ2n) is 4.05. The number of Topliss-reactive ketones (excluding diaryl/α,β-unsaturated/α-hetero) is 1. The van der Waals surface area contributed by atoms with Crippen LogP contribution in [0.4, 0.5) is 0 Å². The number of benzene rings is 1. The van der Waals surface area contributed by atoms with Crippen molar-refractivity contribution in [3.05, 3.63) is 39.3 Å². The Balaban J connectivity index is 2.64. The molecule has 0 amide bonds. The van der Waals surface area contributed by atoms with Crippen molar-refractivity contribution in [3.63, 3.8) is 0 Å². The van der Waals surface area contributed by atoms with Crippen LogP contribution >= 0.6 is 15.9 Å². The molecule has 0 radical (unpaired) electrons. The van der Waals surface area contributed by atoms with Crippen LogP contribution < -0.4 is 0 Å². The summed E-state index contributed by atoms with van der Waals surface area (Å²) in [5.74, 6) is 0.148. The number of nitrogens with zero attached hydrogens (tertiary/aromatic N) is 2. The Morgan fingerprint density at radius 3 is 2.94 bits per heavy atom. The van der Waals surface area contributed by atoms with E-state index in [2.05, 4.69) is 27.6 Å². The van der Waals surface area contributed by atoms with Gasteiger partial charge in [0.25, 0.3) is 5.78 Å². The number of carbonyl (C=O) groups is 1. The van der Waals surface area contributed by atoms with Gasteiger partial charge in [-0.3, -0.25) is 4.79 Å². The summed E-state index contributed by atoms with van der Waals surface area (Å²) < 4.78 is 0.867. The Bertz CT molecular complexity index is 504. The van der Waals surface area contributed by atoms with Crippen molar-refractivity contribution in [1.82, 2.24) is 0 Å². The Kier molecular flexibility index (Phi) is 3.03. The molecule has 1 unspecified atom stereocenters. The molecule has 1 aromatic carbocycles. The molecule has 0 spiro atoms. The van der Waals surface area contributed by atoms with E-state index in [1.165, 1.54) is 0 Å². The number of rotatable bonds is 0. The minimum absolute atomic E-state index is 0.164. The maximum atomic E-state index is 12.1. The van der Waals surface area contributed by atoms with Crippen LogP contribution in [0.2, 0.25) is 0 Å². The van der Waals surface area contributed by atoms with Gasteiger partial charge in [-0.05, 0) is 30.0 Å². The number of ketones is 1. The van der Waals surface area contributed by atoms with Crippen molar-refractivity contribution in [2.24, 2.45) is 0 Å². The van der Waals surface area contributed by atoms with Crippen LogP contribution in [-0.4, -0.2) is 16.3 Å². The fourth-order valence-corrected chi connectivity index (χ4v) is 2.39. The zero-order chi connectivity index (χ0) is 11.7. The molecule has 1 aliphatic carbocycles. The SMILES string of the molecule is CC1CCC(=[N+]=[N-])C(=O)c2cc(Br)ccc21. The summed E-state index contributed by atoms with van der Waals surface area (Å²) in [6.07, 6.45) is 1.36. The zero-order valence-corrected chi connectivity index (χ0v) is 10.5. The zero-order valence-electron chi connectivity index (χ0n) is 8.90. The van der Waals surface area contributed by atoms with Crippen molar-refractivity contribution in [1.29, 1.82) is 0 Å². The molecule has 4 heteroatoms. The monoisotopic (exact) mass is 278 g/mol. The molecule has 16 heavy (non-hydrogen) atoms. The Hall–Kier alpha value is -1.25. The highest BCUT2D eigenvalue weighted by Gasteiger charge is 2.30. The third-order valence-electron chi connectivity index (χ3n) is 2.99. The Morgan fingerprint density at radius 2 is 2.25 bits per heavy atom. The van der Waals surface area contributed by atoms with Gasteiger partial charge in [0.15, 0.2) is 0 Å². The molecular formula is C12H11BrN2O. The molecule has 0 fully saturated rings. The van der Waals surface area contributed by atoms with Crippen molar-refractivity contribution in [2.75, 3.05) is 0 Å². The van der Waals surface area contributed by atoms with Crippen LogP contribution in [0.15, 0.2) is 22.7 Å². The van der Waals surface area contributed by atoms with E-state index in [4.69, 9.17) is 5.53 Å². The summed E-state index contributed by atoms with van der Waals surface area (Å²) in [6, 6.07) is 5.69. The lowest BCUT2D eigenvalue weighted by molar-refractivity contribution is -0.00914. The van der Waals surface area contributed by atoms with E-state index in [-0.39, 0.29) is 11.5 Å². The fraction of sp³-hybridized carbons (Fsp3) is 0.333. The lowest BCUT2D eigenvalue weighted by Gasteiger charge is -2.10. The standard InChI is InChI=1S/C12H11BrN2O/c1-7-2-5-11(15-14)12(16)10-6-8(13)3-4-9(7)10/h3-4,6-7H,2,5H2,1H3. The molecule has 0 bridgehead atoms. The molecule has 1 atom stereocenters. The highest BCUT2D eigenvalue weighted by atomic mass is 79.9. The van der Waals surface area contributed by atoms with Crippen LogP contribution in [0.3, 0.4) is 0 Å². The summed E-state index contributed by atoms with van der Waals surface area (Å²) in [5, 5.41) is 0. The van der Waals surface area contributed by atoms with Gasteiger partial charge in [0.2, 0.25) is 0 Å². The maximum Gasteiger partial charge on any atom is 0.339 e. The minimum atomic E-state index is -0.164. The Morgan fingerprint density at radius 1 is 1.50 bits per heavy atom. The van der Waals surface area contributed by atoms with E-state index in [1.807, 2.05) is 12.1 Å². The molecule has 0 N–H and O–H groups in total. The first-order chi connectivity index (χ1) is 7.63. The summed E-state index contributed by atoms with van der Waals surface area (Å²) in [5.41, 5.74) is 10.8. The first-order valence-corrected chi connectivity index (χ1v) is 5.98. The highest BCUT2D eigenvalue weighted by molar-refractivity contribution is 9.10. The Labute approximate surface area is 102 Å². The number of fused-ring (bicyclic) bond motifs is 1. The van der Waals surface area contributed by atoms with Crippen molar-refractivity contribution in [2.45, 2.75) is 25.7 Å². The molecule has 1 aliphatic rings. The smallest absolute Gasteiger partial charge is 0.339 e. The van der Waals surface area contributed by atoms with E-state index in [9.17, 15) is 4.79 Å². The third kappa shape index (κ3) is 1.86. The molecule has 1 aromatic rings. The van der Waals surface area contributed by atoms with Crippen molar-refractivity contribution >= 4 is 27.4 Å². The molecule has 0 saturated heterocycles. The largest absolute Gasteiger partial charge is 0.361 e. The summed E-state index contributed by atoms with van der Waals surface area (Å²) in [7, 11) is 0. The van der Waals surface area contributed by atoms with Gasteiger partial charge in [0, 0.05) is 10.0 Å². The molecular weight excluding hydrogens is 268 g/mol. The predicted molar refractivity (Wildman–Crippen MR) is 64.7 cm³/mol. The highest BCUT2D eigenvalue weighted by Crippen LogP contribution is 2.30. The van der Waals surface area contributed by atoms with Crippen LogP contribution in [0.5, 0.6) is 0 Å². The van der Waals surface area contributed by atoms with Crippen LogP contribution in [0.25, 0.3) is 5.53 Å². The maximum absolute atomic E-state index is 12.1. The number of carbonyl (C=O) groups excluding carboxylic acids is 1. The van der Waals surface area contributed by atoms with Crippen LogP contribution in [0.1, 0.15) is 41.6 Å². The van der Waals surface area contributed by atoms with Crippen LogP contribution in [0, 0.1) is 0 Å². The van der Waals surface area contributed by atoms with E-state index < -0.39 is 0 Å². The van der Waals surface area contributed by atoms with Gasteiger partial charge in [0.1, 0.15) is 0 Å². The van der Waals surface area contributed by atoms with Gasteiger partial charge in [-0.25, -0.2) is 0 Å². The lowest BCUT2D eigenvalue weighted by Crippen LogP contribution is -2.14. The molecule has 0 heterocycles. The quantitative estimate of drug-likeness (QED) is 0.408. The fourth-order valence-electron chi connectivity index (χ4n) is 2.03. The molecule has 0 saturated carbocycles. The summed E-state index contributed by atoms with van der Waals surface area (Å²) in [6.45, 7) is 2.08. The van der Waals surface area contributed by atoms with Gasteiger partial charge < -0.3 is 5.53 Å². The summed E-state index contributed by atoms with van der Waals surface area (Å²) >= 11 is 3.35. The van der Waals surface area contributed by atoms with E-state index >= 15 is 0 Å². The molecule has 0 aromatic heterocycles. The van der Waals surface area contributed by atoms with Gasteiger partial charge in [-0.15, -0.1) is 0 Å². The second-order valence-corrected chi connectivity index (χ2v) is 4.96. The first-order valence-electron chi connectivity index (χ1n) is 5.18. The topological polar surface area (TPSA) is 53.5 Å². The average molecular weight is 279 g/mol. The van der Waals surface area contributed by atoms with E-state index in [0.717, 1.165) is 16.5 Å². The lowest BCUT2D eigenvalue weighted by atomic mass is 9.94. The number of halogens is 1. The average Bonchev–Trinajstić information content (AvgIpc) is 2.39. The van der Waals surface area contributed by atoms with Gasteiger partial charge >= 0.3 is 5.71 Å². The third-order valence-corrected chi connectivity index (χ3v) is 3.48. The van der Waals surface area contributed by atoms with E-state index in [1.54, 1.807) is 6.07 Å². The molecule has 82 valence electrons. The minimum Gasteiger partial charge on any atom is -0.361 e. The van der Waals surface area contributed by atoms with Gasteiger partial charge in [-0.1, -0.05) is 28.9 Å². The number of hydrogen-bond acceptors (Lipinski definition) is 1. The molecule has 0 aliphatic heterocycles. The second kappa shape index (κ2) is 4.32. The predicted octanol–water partition coefficient (Wildman–Crippen LogP) is 3.20. The van der Waals surface area contributed by atoms with Crippen LogP contribution in [-0.2, 0) is 0 Å². The first kappa shape index (κ1) is 11.2. The van der Waals surface area contributed by atoms with E-state index in [0.29, 0.717) is 17.9 Å². The number of hydrogen-bond donors (Lipinski definition) is 0.